The molecule has 0 aliphatic carbocycles. The van der Waals surface area contributed by atoms with Gasteiger partial charge in [-0.25, -0.2) is 4.79 Å². The third-order valence-corrected chi connectivity index (χ3v) is 4.34. The molecule has 0 radical (unpaired) electrons. The van der Waals surface area contributed by atoms with E-state index in [0.717, 1.165) is 37.9 Å². The quantitative estimate of drug-likeness (QED) is 0.915. The molecule has 1 aromatic carbocycles. The van der Waals surface area contributed by atoms with Crippen molar-refractivity contribution in [2.45, 2.75) is 45.3 Å². The van der Waals surface area contributed by atoms with E-state index in [4.69, 9.17) is 4.42 Å². The van der Waals surface area contributed by atoms with Gasteiger partial charge >= 0.3 is 5.76 Å². The molecular formula is C17H23N3O3. The highest BCUT2D eigenvalue weighted by molar-refractivity contribution is 5.76. The molecule has 1 N–H and O–H groups in total. The van der Waals surface area contributed by atoms with Crippen LogP contribution in [0.5, 0.6) is 0 Å². The van der Waals surface area contributed by atoms with Gasteiger partial charge in [0.1, 0.15) is 0 Å². The van der Waals surface area contributed by atoms with E-state index in [2.05, 4.69) is 10.2 Å². The molecule has 3 rings (SSSR count). The number of carbonyl (C=O) groups is 1. The van der Waals surface area contributed by atoms with Crippen molar-refractivity contribution in [3.8, 4) is 0 Å². The van der Waals surface area contributed by atoms with Crippen LogP contribution in [0.15, 0.2) is 33.5 Å². The number of oxazole rings is 1. The number of nitrogens with zero attached hydrogens (tertiary/aromatic N) is 2. The van der Waals surface area contributed by atoms with E-state index in [-0.39, 0.29) is 17.7 Å². The Bertz CT molecular complexity index is 726. The van der Waals surface area contributed by atoms with E-state index < -0.39 is 0 Å². The second-order valence-corrected chi connectivity index (χ2v) is 6.11. The summed E-state index contributed by atoms with van der Waals surface area (Å²) in [7, 11) is 0. The number of benzene rings is 1. The maximum atomic E-state index is 12.0. The highest BCUT2D eigenvalue weighted by Gasteiger charge is 2.21. The number of fused-ring (bicyclic) bond motifs is 1. The van der Waals surface area contributed by atoms with Crippen molar-refractivity contribution in [3.63, 3.8) is 0 Å². The lowest BCUT2D eigenvalue weighted by Crippen LogP contribution is -2.45. The SMILES string of the molecule is CCCC(=O)NC1CCN(Cn2c(=O)oc3ccccc32)CC1. The van der Waals surface area contributed by atoms with Crippen LogP contribution in [-0.2, 0) is 11.5 Å². The maximum Gasteiger partial charge on any atom is 0.421 e. The number of para-hydroxylation sites is 2. The molecule has 0 spiro atoms. The third kappa shape index (κ3) is 3.64. The summed E-state index contributed by atoms with van der Waals surface area (Å²) >= 11 is 0. The molecule has 1 amide bonds. The molecule has 0 bridgehead atoms. The molecule has 124 valence electrons. The van der Waals surface area contributed by atoms with Crippen molar-refractivity contribution >= 4 is 17.0 Å². The summed E-state index contributed by atoms with van der Waals surface area (Å²) in [4.78, 5) is 25.9. The Balaban J connectivity index is 1.59. The minimum absolute atomic E-state index is 0.142. The van der Waals surface area contributed by atoms with E-state index >= 15 is 0 Å². The van der Waals surface area contributed by atoms with Crippen LogP contribution in [0.4, 0.5) is 0 Å². The average molecular weight is 317 g/mol. The lowest BCUT2D eigenvalue weighted by molar-refractivity contribution is -0.122. The second-order valence-electron chi connectivity index (χ2n) is 6.11. The first kappa shape index (κ1) is 15.8. The molecular weight excluding hydrogens is 294 g/mol. The highest BCUT2D eigenvalue weighted by atomic mass is 16.4. The van der Waals surface area contributed by atoms with Crippen LogP contribution in [0.2, 0.25) is 0 Å². The molecule has 0 unspecified atom stereocenters. The summed E-state index contributed by atoms with van der Waals surface area (Å²) in [5.41, 5.74) is 1.45. The molecule has 6 heteroatoms. The van der Waals surface area contributed by atoms with E-state index in [0.29, 0.717) is 18.7 Å². The number of hydrogen-bond donors (Lipinski definition) is 1. The van der Waals surface area contributed by atoms with Crippen LogP contribution < -0.4 is 11.1 Å². The van der Waals surface area contributed by atoms with Gasteiger partial charge in [0.05, 0.1) is 12.2 Å². The molecule has 1 aliphatic heterocycles. The van der Waals surface area contributed by atoms with Gasteiger partial charge in [0.25, 0.3) is 0 Å². The van der Waals surface area contributed by atoms with Gasteiger partial charge in [-0.1, -0.05) is 19.1 Å². The van der Waals surface area contributed by atoms with Crippen molar-refractivity contribution in [2.75, 3.05) is 13.1 Å². The van der Waals surface area contributed by atoms with Gasteiger partial charge in [-0.3, -0.25) is 14.3 Å². The molecule has 2 aromatic rings. The maximum absolute atomic E-state index is 12.0. The monoisotopic (exact) mass is 317 g/mol. The fourth-order valence-electron chi connectivity index (χ4n) is 3.09. The predicted molar refractivity (Wildman–Crippen MR) is 88.1 cm³/mol. The Kier molecular flexibility index (Phi) is 4.81. The van der Waals surface area contributed by atoms with Gasteiger partial charge in [0.15, 0.2) is 5.58 Å². The number of nitrogens with one attached hydrogen (secondary N) is 1. The summed E-state index contributed by atoms with van der Waals surface area (Å²) in [6.07, 6.45) is 3.30. The number of aromatic nitrogens is 1. The van der Waals surface area contributed by atoms with Crippen LogP contribution in [0, 0.1) is 0 Å². The summed E-state index contributed by atoms with van der Waals surface area (Å²) in [6, 6.07) is 7.73. The lowest BCUT2D eigenvalue weighted by atomic mass is 10.1. The molecule has 1 saturated heterocycles. The molecule has 1 aliphatic rings. The summed E-state index contributed by atoms with van der Waals surface area (Å²) < 4.78 is 6.94. The predicted octanol–water partition coefficient (Wildman–Crippen LogP) is 1.93. The number of amides is 1. The lowest BCUT2D eigenvalue weighted by Gasteiger charge is -2.32. The molecule has 0 saturated carbocycles. The summed E-state index contributed by atoms with van der Waals surface area (Å²) in [5, 5.41) is 3.09. The largest absolute Gasteiger partial charge is 0.421 e. The van der Waals surface area contributed by atoms with Crippen LogP contribution in [0.3, 0.4) is 0 Å². The molecule has 1 fully saturated rings. The minimum Gasteiger partial charge on any atom is -0.408 e. The smallest absolute Gasteiger partial charge is 0.408 e. The number of carbonyl (C=O) groups excluding carboxylic acids is 1. The van der Waals surface area contributed by atoms with Crippen LogP contribution >= 0.6 is 0 Å². The highest BCUT2D eigenvalue weighted by Crippen LogP contribution is 2.15. The molecule has 23 heavy (non-hydrogen) atoms. The molecule has 1 aromatic heterocycles. The van der Waals surface area contributed by atoms with E-state index in [1.807, 2.05) is 31.2 Å². The molecule has 0 atom stereocenters. The van der Waals surface area contributed by atoms with Gasteiger partial charge in [0, 0.05) is 25.6 Å². The summed E-state index contributed by atoms with van der Waals surface area (Å²) in [5.74, 6) is -0.174. The normalized spacial score (nSPS) is 16.7. The van der Waals surface area contributed by atoms with Gasteiger partial charge in [-0.15, -0.1) is 0 Å². The van der Waals surface area contributed by atoms with E-state index in [1.54, 1.807) is 4.57 Å². The van der Waals surface area contributed by atoms with Crippen molar-refractivity contribution in [3.05, 3.63) is 34.8 Å². The zero-order valence-corrected chi connectivity index (χ0v) is 13.5. The Hall–Kier alpha value is -2.08. The number of rotatable bonds is 5. The Morgan fingerprint density at radius 1 is 1.30 bits per heavy atom. The second kappa shape index (κ2) is 7.00. The van der Waals surface area contributed by atoms with E-state index in [1.165, 1.54) is 0 Å². The van der Waals surface area contributed by atoms with Crippen LogP contribution in [0.25, 0.3) is 11.1 Å². The third-order valence-electron chi connectivity index (χ3n) is 4.34. The number of piperidine rings is 1. The van der Waals surface area contributed by atoms with Crippen molar-refractivity contribution in [1.29, 1.82) is 0 Å². The average Bonchev–Trinajstić information content (AvgIpc) is 2.85. The van der Waals surface area contributed by atoms with Gasteiger partial charge in [0.2, 0.25) is 5.91 Å². The molecule has 2 heterocycles. The topological polar surface area (TPSA) is 67.5 Å². The van der Waals surface area contributed by atoms with Crippen molar-refractivity contribution in [1.82, 2.24) is 14.8 Å². The number of hydrogen-bond acceptors (Lipinski definition) is 4. The van der Waals surface area contributed by atoms with E-state index in [9.17, 15) is 9.59 Å². The zero-order chi connectivity index (χ0) is 16.2. The van der Waals surface area contributed by atoms with Gasteiger partial charge in [-0.05, 0) is 31.4 Å². The van der Waals surface area contributed by atoms with Crippen molar-refractivity contribution < 1.29 is 9.21 Å². The zero-order valence-electron chi connectivity index (χ0n) is 13.5. The minimum atomic E-state index is -0.315. The Morgan fingerprint density at radius 2 is 2.04 bits per heavy atom. The van der Waals surface area contributed by atoms with Gasteiger partial charge < -0.3 is 9.73 Å². The fourth-order valence-corrected chi connectivity index (χ4v) is 3.09. The first-order valence-electron chi connectivity index (χ1n) is 8.27. The molecule has 6 nitrogen and oxygen atoms in total. The van der Waals surface area contributed by atoms with Crippen molar-refractivity contribution in [2.24, 2.45) is 0 Å². The fraction of sp³-hybridized carbons (Fsp3) is 0.529. The van der Waals surface area contributed by atoms with Crippen LogP contribution in [0.1, 0.15) is 32.6 Å². The number of likely N-dealkylation sites (tertiary alicyclic amines) is 1. The Morgan fingerprint density at radius 3 is 2.78 bits per heavy atom. The summed E-state index contributed by atoms with van der Waals surface area (Å²) in [6.45, 7) is 4.27. The van der Waals surface area contributed by atoms with Gasteiger partial charge in [-0.2, -0.15) is 0 Å². The standard InChI is InChI=1S/C17H23N3O3/c1-2-5-16(21)18-13-8-10-19(11-9-13)12-20-14-6-3-4-7-15(14)23-17(20)22/h3-4,6-7,13H,2,5,8-12H2,1H3,(H,18,21). The Labute approximate surface area is 135 Å². The first-order valence-corrected chi connectivity index (χ1v) is 8.27. The first-order chi connectivity index (χ1) is 11.2. The van der Waals surface area contributed by atoms with Crippen LogP contribution in [-0.4, -0.2) is 34.5 Å².